The van der Waals surface area contributed by atoms with Crippen molar-refractivity contribution < 1.29 is 14.2 Å². The van der Waals surface area contributed by atoms with E-state index in [9.17, 15) is 19.0 Å². The highest BCUT2D eigenvalue weighted by atomic mass is 31.2. The molecule has 1 unspecified atom stereocenters. The van der Waals surface area contributed by atoms with Crippen molar-refractivity contribution in [2.45, 2.75) is 24.5 Å². The number of morpholine rings is 1. The third-order valence-corrected chi connectivity index (χ3v) is 8.46. The monoisotopic (exact) mass is 531 g/mol. The van der Waals surface area contributed by atoms with E-state index in [1.165, 1.54) is 17.4 Å². The standard InChI is InChI=1S/C29H30N3O5P/c1-21-18-32(28(34)30-27(21)33)25-19-31(20-26(37-25)38(2,35)36)29(22-12-6-3-7-13-22,23-14-8-4-9-15-23)24-16-10-5-11-17-24/h3-18,25-26H,19-20H2,1-2H3,(H,35,36)(H,30,33,34)/t25-,26+/m1/s1. The summed E-state index contributed by atoms with van der Waals surface area (Å²) in [4.78, 5) is 40.1. The Morgan fingerprint density at radius 2 is 1.34 bits per heavy atom. The average molecular weight is 532 g/mol. The molecular weight excluding hydrogens is 501 g/mol. The third kappa shape index (κ3) is 4.72. The topological polar surface area (TPSA) is 105 Å². The molecule has 1 fully saturated rings. The summed E-state index contributed by atoms with van der Waals surface area (Å²) < 4.78 is 20.5. The second kappa shape index (κ2) is 10.3. The smallest absolute Gasteiger partial charge is 0.330 e. The molecule has 2 heterocycles. The van der Waals surface area contributed by atoms with Gasteiger partial charge in [0, 0.05) is 31.5 Å². The summed E-state index contributed by atoms with van der Waals surface area (Å²) >= 11 is 0. The number of aromatic amines is 1. The highest BCUT2D eigenvalue weighted by Crippen LogP contribution is 2.50. The Labute approximate surface area is 220 Å². The second-order valence-corrected chi connectivity index (χ2v) is 12.1. The summed E-state index contributed by atoms with van der Waals surface area (Å²) in [5.74, 6) is -1.07. The molecule has 0 bridgehead atoms. The van der Waals surface area contributed by atoms with Gasteiger partial charge in [-0.15, -0.1) is 0 Å². The predicted molar refractivity (Wildman–Crippen MR) is 146 cm³/mol. The number of aromatic nitrogens is 2. The van der Waals surface area contributed by atoms with Crippen molar-refractivity contribution in [2.75, 3.05) is 19.8 Å². The number of H-pyrrole nitrogens is 1. The SMILES string of the molecule is Cc1cn([C@H]2CN(C(c3ccccc3)(c3ccccc3)c3ccccc3)C[C@H](P(C)(=O)O)O2)c(=O)[nH]c1=O. The van der Waals surface area contributed by atoms with Crippen LogP contribution in [-0.2, 0) is 14.8 Å². The van der Waals surface area contributed by atoms with Crippen LogP contribution >= 0.6 is 7.37 Å². The zero-order valence-corrected chi connectivity index (χ0v) is 22.1. The van der Waals surface area contributed by atoms with Crippen molar-refractivity contribution in [2.24, 2.45) is 0 Å². The number of aryl methyl sites for hydroxylation is 1. The Kier molecular flexibility index (Phi) is 7.07. The Hall–Kier alpha value is -3.55. The number of ether oxygens (including phenoxy) is 1. The average Bonchev–Trinajstić information content (AvgIpc) is 2.92. The summed E-state index contributed by atoms with van der Waals surface area (Å²) in [6, 6.07) is 29.9. The maximum atomic E-state index is 13.1. The van der Waals surface area contributed by atoms with Gasteiger partial charge in [-0.3, -0.25) is 23.8 Å². The van der Waals surface area contributed by atoms with Crippen LogP contribution in [0, 0.1) is 6.92 Å². The molecule has 1 aliphatic heterocycles. The van der Waals surface area contributed by atoms with E-state index in [2.05, 4.69) is 9.88 Å². The van der Waals surface area contributed by atoms with Crippen molar-refractivity contribution in [3.05, 3.63) is 140 Å². The molecule has 3 atom stereocenters. The van der Waals surface area contributed by atoms with Crippen LogP contribution in [0.15, 0.2) is 107 Å². The molecule has 9 heteroatoms. The fourth-order valence-corrected chi connectivity index (χ4v) is 6.16. The predicted octanol–water partition coefficient (Wildman–Crippen LogP) is 3.89. The van der Waals surface area contributed by atoms with Crippen molar-refractivity contribution >= 4 is 7.37 Å². The van der Waals surface area contributed by atoms with Gasteiger partial charge < -0.3 is 9.63 Å². The first-order valence-corrected chi connectivity index (χ1v) is 14.6. The van der Waals surface area contributed by atoms with Gasteiger partial charge in [0.15, 0.2) is 6.23 Å². The Bertz CT molecular complexity index is 1470. The Morgan fingerprint density at radius 3 is 1.79 bits per heavy atom. The quantitative estimate of drug-likeness (QED) is 0.289. The van der Waals surface area contributed by atoms with Gasteiger partial charge in [0.05, 0.1) is 5.54 Å². The minimum absolute atomic E-state index is 0.135. The van der Waals surface area contributed by atoms with Crippen LogP contribution in [-0.4, -0.2) is 44.9 Å². The van der Waals surface area contributed by atoms with Gasteiger partial charge in [-0.1, -0.05) is 91.0 Å². The van der Waals surface area contributed by atoms with Crippen molar-refractivity contribution in [1.82, 2.24) is 14.5 Å². The van der Waals surface area contributed by atoms with Crippen LogP contribution in [0.1, 0.15) is 28.5 Å². The maximum absolute atomic E-state index is 13.1. The van der Waals surface area contributed by atoms with E-state index in [4.69, 9.17) is 4.74 Å². The highest BCUT2D eigenvalue weighted by molar-refractivity contribution is 7.57. The maximum Gasteiger partial charge on any atom is 0.330 e. The Balaban J connectivity index is 1.78. The molecule has 0 radical (unpaired) electrons. The molecule has 0 aliphatic carbocycles. The number of benzene rings is 3. The zero-order valence-electron chi connectivity index (χ0n) is 21.2. The molecule has 196 valence electrons. The Morgan fingerprint density at radius 1 is 0.868 bits per heavy atom. The molecular formula is C29H30N3O5P. The third-order valence-electron chi connectivity index (χ3n) is 7.11. The van der Waals surface area contributed by atoms with E-state index >= 15 is 0 Å². The molecule has 1 aromatic heterocycles. The lowest BCUT2D eigenvalue weighted by molar-refractivity contribution is -0.112. The minimum Gasteiger partial charge on any atom is -0.343 e. The van der Waals surface area contributed by atoms with E-state index in [1.807, 2.05) is 91.0 Å². The number of hydrogen-bond acceptors (Lipinski definition) is 5. The van der Waals surface area contributed by atoms with Gasteiger partial charge in [0.2, 0.25) is 7.37 Å². The molecule has 8 nitrogen and oxygen atoms in total. The van der Waals surface area contributed by atoms with E-state index in [0.717, 1.165) is 16.7 Å². The van der Waals surface area contributed by atoms with Crippen LogP contribution in [0.3, 0.4) is 0 Å². The van der Waals surface area contributed by atoms with Crippen LogP contribution in [0.4, 0.5) is 0 Å². The lowest BCUT2D eigenvalue weighted by atomic mass is 9.75. The van der Waals surface area contributed by atoms with Gasteiger partial charge in [0.25, 0.3) is 5.56 Å². The summed E-state index contributed by atoms with van der Waals surface area (Å²) in [5.41, 5.74) is 1.24. The molecule has 0 amide bonds. The van der Waals surface area contributed by atoms with Crippen molar-refractivity contribution in [3.8, 4) is 0 Å². The highest BCUT2D eigenvalue weighted by Gasteiger charge is 2.48. The minimum atomic E-state index is -3.77. The van der Waals surface area contributed by atoms with E-state index < -0.39 is 36.2 Å². The summed E-state index contributed by atoms with van der Waals surface area (Å²) in [7, 11) is -3.77. The molecule has 5 rings (SSSR count). The van der Waals surface area contributed by atoms with Crippen LogP contribution in [0.2, 0.25) is 0 Å². The molecule has 38 heavy (non-hydrogen) atoms. The number of rotatable bonds is 6. The van der Waals surface area contributed by atoms with Crippen LogP contribution < -0.4 is 11.2 Å². The largest absolute Gasteiger partial charge is 0.343 e. The molecule has 1 aliphatic rings. The molecule has 1 saturated heterocycles. The number of hydrogen-bond donors (Lipinski definition) is 2. The van der Waals surface area contributed by atoms with Crippen LogP contribution in [0.5, 0.6) is 0 Å². The van der Waals surface area contributed by atoms with E-state index in [1.54, 1.807) is 6.92 Å². The first-order valence-electron chi connectivity index (χ1n) is 12.4. The molecule has 0 spiro atoms. The molecule has 2 N–H and O–H groups in total. The molecule has 4 aromatic rings. The number of nitrogens with one attached hydrogen (secondary N) is 1. The van der Waals surface area contributed by atoms with Crippen molar-refractivity contribution in [1.29, 1.82) is 0 Å². The fourth-order valence-electron chi connectivity index (χ4n) is 5.30. The van der Waals surface area contributed by atoms with Gasteiger partial charge in [-0.05, 0) is 23.6 Å². The summed E-state index contributed by atoms with van der Waals surface area (Å²) in [6.45, 7) is 3.22. The van der Waals surface area contributed by atoms with Crippen LogP contribution in [0.25, 0.3) is 0 Å². The van der Waals surface area contributed by atoms with E-state index in [0.29, 0.717) is 5.56 Å². The summed E-state index contributed by atoms with van der Waals surface area (Å²) in [5, 5.41) is 0. The molecule has 3 aromatic carbocycles. The van der Waals surface area contributed by atoms with Crippen molar-refractivity contribution in [3.63, 3.8) is 0 Å². The second-order valence-electron chi connectivity index (χ2n) is 9.68. The van der Waals surface area contributed by atoms with Gasteiger partial charge >= 0.3 is 5.69 Å². The van der Waals surface area contributed by atoms with Gasteiger partial charge in [-0.2, -0.15) is 0 Å². The fraction of sp³-hybridized carbons (Fsp3) is 0.241. The summed E-state index contributed by atoms with van der Waals surface area (Å²) in [6.07, 6.45) is 0.521. The lowest BCUT2D eigenvalue weighted by Crippen LogP contribution is -2.57. The zero-order chi connectivity index (χ0) is 26.9. The van der Waals surface area contributed by atoms with Gasteiger partial charge in [-0.25, -0.2) is 4.79 Å². The molecule has 0 saturated carbocycles. The lowest BCUT2D eigenvalue weighted by Gasteiger charge is -2.50. The normalized spacial score (nSPS) is 20.1. The number of nitrogens with zero attached hydrogens (tertiary/aromatic N) is 2. The first kappa shape index (κ1) is 26.1. The first-order chi connectivity index (χ1) is 18.2. The van der Waals surface area contributed by atoms with E-state index in [-0.39, 0.29) is 13.1 Å². The van der Waals surface area contributed by atoms with Gasteiger partial charge in [0.1, 0.15) is 5.85 Å².